The molecular formula is C18H29NO. The van der Waals surface area contributed by atoms with Crippen molar-refractivity contribution in [2.24, 2.45) is 5.92 Å². The first-order chi connectivity index (χ1) is 9.61. The zero-order valence-corrected chi connectivity index (χ0v) is 13.2. The zero-order chi connectivity index (χ0) is 14.5. The number of aliphatic hydroxyl groups is 1. The average Bonchev–Trinajstić information content (AvgIpc) is 2.72. The van der Waals surface area contributed by atoms with Crippen molar-refractivity contribution in [1.82, 2.24) is 4.90 Å². The highest BCUT2D eigenvalue weighted by atomic mass is 16.3. The van der Waals surface area contributed by atoms with Crippen LogP contribution in [-0.2, 0) is 0 Å². The van der Waals surface area contributed by atoms with Crippen molar-refractivity contribution in [1.29, 1.82) is 0 Å². The monoisotopic (exact) mass is 275 g/mol. The van der Waals surface area contributed by atoms with Crippen LogP contribution in [0.3, 0.4) is 0 Å². The van der Waals surface area contributed by atoms with Crippen molar-refractivity contribution in [2.45, 2.75) is 58.6 Å². The smallest absolute Gasteiger partial charge is 0.0942 e. The minimum atomic E-state index is -0.381. The number of hydrogen-bond donors (Lipinski definition) is 1. The molecule has 2 rings (SSSR count). The summed E-state index contributed by atoms with van der Waals surface area (Å²) >= 11 is 0. The van der Waals surface area contributed by atoms with Crippen LogP contribution in [0, 0.1) is 12.8 Å². The Kier molecular flexibility index (Phi) is 5.62. The summed E-state index contributed by atoms with van der Waals surface area (Å²) in [6.07, 6.45) is 4.81. The molecule has 1 N–H and O–H groups in total. The summed E-state index contributed by atoms with van der Waals surface area (Å²) in [4.78, 5) is 2.47. The van der Waals surface area contributed by atoms with Crippen molar-refractivity contribution >= 4 is 0 Å². The third-order valence-electron chi connectivity index (χ3n) is 4.91. The highest BCUT2D eigenvalue weighted by molar-refractivity contribution is 5.24. The largest absolute Gasteiger partial charge is 0.387 e. The number of likely N-dealkylation sites (tertiary alicyclic amines) is 1. The molecule has 112 valence electrons. The van der Waals surface area contributed by atoms with E-state index < -0.39 is 0 Å². The van der Waals surface area contributed by atoms with Crippen LogP contribution < -0.4 is 0 Å². The molecule has 0 amide bonds. The van der Waals surface area contributed by atoms with Crippen molar-refractivity contribution in [2.75, 3.05) is 13.1 Å². The van der Waals surface area contributed by atoms with Crippen LogP contribution in [0.5, 0.6) is 0 Å². The van der Waals surface area contributed by atoms with Gasteiger partial charge < -0.3 is 5.11 Å². The molecule has 1 aliphatic rings. The first-order valence-electron chi connectivity index (χ1n) is 8.10. The predicted octanol–water partition coefficient (Wildman–Crippen LogP) is 3.93. The number of aryl methyl sites for hydroxylation is 1. The Morgan fingerprint density at radius 3 is 2.55 bits per heavy atom. The lowest BCUT2D eigenvalue weighted by atomic mass is 9.98. The van der Waals surface area contributed by atoms with Gasteiger partial charge >= 0.3 is 0 Å². The van der Waals surface area contributed by atoms with Gasteiger partial charge in [-0.15, -0.1) is 0 Å². The topological polar surface area (TPSA) is 23.5 Å². The maximum Gasteiger partial charge on any atom is 0.0942 e. The van der Waals surface area contributed by atoms with Crippen molar-refractivity contribution in [3.8, 4) is 0 Å². The van der Waals surface area contributed by atoms with E-state index in [0.29, 0.717) is 0 Å². The van der Waals surface area contributed by atoms with Crippen LogP contribution in [0.2, 0.25) is 0 Å². The molecule has 0 bridgehead atoms. The fraction of sp³-hybridized carbons (Fsp3) is 0.667. The lowest BCUT2D eigenvalue weighted by Crippen LogP contribution is -2.38. The van der Waals surface area contributed by atoms with Gasteiger partial charge in [0.05, 0.1) is 6.10 Å². The highest BCUT2D eigenvalue weighted by Gasteiger charge is 2.25. The second kappa shape index (κ2) is 7.24. The van der Waals surface area contributed by atoms with Gasteiger partial charge in [-0.3, -0.25) is 4.90 Å². The van der Waals surface area contributed by atoms with Gasteiger partial charge in [0.25, 0.3) is 0 Å². The van der Waals surface area contributed by atoms with Gasteiger partial charge in [-0.1, -0.05) is 43.2 Å². The van der Waals surface area contributed by atoms with Gasteiger partial charge in [-0.2, -0.15) is 0 Å². The lowest BCUT2D eigenvalue weighted by molar-refractivity contribution is 0.0591. The summed E-state index contributed by atoms with van der Waals surface area (Å²) in [7, 11) is 0. The van der Waals surface area contributed by atoms with Gasteiger partial charge in [0.2, 0.25) is 0 Å². The summed E-state index contributed by atoms with van der Waals surface area (Å²) in [5.74, 6) is 0.878. The molecule has 20 heavy (non-hydrogen) atoms. The van der Waals surface area contributed by atoms with Gasteiger partial charge in [0.1, 0.15) is 0 Å². The van der Waals surface area contributed by atoms with E-state index in [0.717, 1.165) is 24.6 Å². The van der Waals surface area contributed by atoms with Crippen molar-refractivity contribution in [3.63, 3.8) is 0 Å². The molecule has 0 spiro atoms. The molecule has 1 aromatic carbocycles. The van der Waals surface area contributed by atoms with Crippen LogP contribution in [0.15, 0.2) is 24.3 Å². The Hall–Kier alpha value is -0.860. The van der Waals surface area contributed by atoms with E-state index in [4.69, 9.17) is 0 Å². The lowest BCUT2D eigenvalue weighted by Gasteiger charge is -2.31. The van der Waals surface area contributed by atoms with Gasteiger partial charge in [0.15, 0.2) is 0 Å². The molecule has 0 radical (unpaired) electrons. The fourth-order valence-corrected chi connectivity index (χ4v) is 3.24. The third kappa shape index (κ3) is 3.83. The number of aliphatic hydroxyl groups excluding tert-OH is 1. The van der Waals surface area contributed by atoms with E-state index in [2.05, 4.69) is 49.9 Å². The molecule has 3 atom stereocenters. The fourth-order valence-electron chi connectivity index (χ4n) is 3.24. The van der Waals surface area contributed by atoms with Crippen LogP contribution in [0.4, 0.5) is 0 Å². The number of rotatable bonds is 4. The predicted molar refractivity (Wildman–Crippen MR) is 84.8 cm³/mol. The first-order valence-corrected chi connectivity index (χ1v) is 8.10. The maximum atomic E-state index is 10.6. The molecule has 1 aromatic rings. The van der Waals surface area contributed by atoms with Crippen LogP contribution in [0.25, 0.3) is 0 Å². The molecule has 2 nitrogen and oxygen atoms in total. The first kappa shape index (κ1) is 15.5. The van der Waals surface area contributed by atoms with Gasteiger partial charge in [-0.05, 0) is 57.7 Å². The Morgan fingerprint density at radius 1 is 1.20 bits per heavy atom. The van der Waals surface area contributed by atoms with E-state index in [-0.39, 0.29) is 12.1 Å². The zero-order valence-electron chi connectivity index (χ0n) is 13.2. The average molecular weight is 275 g/mol. The van der Waals surface area contributed by atoms with E-state index in [1.807, 2.05) is 0 Å². The van der Waals surface area contributed by atoms with E-state index in [9.17, 15) is 5.11 Å². The van der Waals surface area contributed by atoms with E-state index in [1.165, 1.54) is 31.2 Å². The molecular weight excluding hydrogens is 246 g/mol. The Bertz CT molecular complexity index is 400. The van der Waals surface area contributed by atoms with Gasteiger partial charge in [-0.25, -0.2) is 0 Å². The molecule has 1 aliphatic heterocycles. The van der Waals surface area contributed by atoms with Crippen LogP contribution >= 0.6 is 0 Å². The highest BCUT2D eigenvalue weighted by Crippen LogP contribution is 2.26. The second-order valence-corrected chi connectivity index (χ2v) is 6.34. The normalized spacial score (nSPS) is 24.1. The molecule has 1 fully saturated rings. The second-order valence-electron chi connectivity index (χ2n) is 6.34. The van der Waals surface area contributed by atoms with E-state index >= 15 is 0 Å². The minimum absolute atomic E-state index is 0.202. The minimum Gasteiger partial charge on any atom is -0.387 e. The van der Waals surface area contributed by atoms with Gasteiger partial charge in [0, 0.05) is 6.04 Å². The Balaban J connectivity index is 1.99. The molecule has 0 aliphatic carbocycles. The maximum absolute atomic E-state index is 10.6. The standard InChI is InChI=1S/C18H29NO/c1-4-16-6-5-12-19(13-11-16)15(3)18(20)17-9-7-14(2)8-10-17/h7-10,15-16,18,20H,4-6,11-13H2,1-3H3. The Morgan fingerprint density at radius 2 is 1.90 bits per heavy atom. The summed E-state index contributed by atoms with van der Waals surface area (Å²) in [5.41, 5.74) is 2.29. The van der Waals surface area contributed by atoms with Crippen LogP contribution in [-0.4, -0.2) is 29.1 Å². The third-order valence-corrected chi connectivity index (χ3v) is 4.91. The van der Waals surface area contributed by atoms with E-state index in [1.54, 1.807) is 0 Å². The molecule has 1 saturated heterocycles. The summed E-state index contributed by atoms with van der Waals surface area (Å²) in [6, 6.07) is 8.49. The van der Waals surface area contributed by atoms with Crippen LogP contribution in [0.1, 0.15) is 56.8 Å². The quantitative estimate of drug-likeness (QED) is 0.900. The molecule has 2 heteroatoms. The molecule has 0 aromatic heterocycles. The summed E-state index contributed by atoms with van der Waals surface area (Å²) < 4.78 is 0. The number of nitrogens with zero attached hydrogens (tertiary/aromatic N) is 1. The number of hydrogen-bond acceptors (Lipinski definition) is 2. The Labute approximate surface area is 123 Å². The SMILES string of the molecule is CCC1CCCN(C(C)C(O)c2ccc(C)cc2)CC1. The number of benzene rings is 1. The summed E-state index contributed by atoms with van der Waals surface area (Å²) in [5, 5.41) is 10.6. The van der Waals surface area contributed by atoms with Crippen molar-refractivity contribution < 1.29 is 5.11 Å². The summed E-state index contributed by atoms with van der Waals surface area (Å²) in [6.45, 7) is 8.80. The van der Waals surface area contributed by atoms with Crippen molar-refractivity contribution in [3.05, 3.63) is 35.4 Å². The molecule has 0 saturated carbocycles. The molecule has 1 heterocycles. The molecule has 3 unspecified atom stereocenters.